The minimum absolute atomic E-state index is 0.261. The van der Waals surface area contributed by atoms with Gasteiger partial charge < -0.3 is 4.74 Å². The molecule has 0 unspecified atom stereocenters. The molecule has 0 spiro atoms. The molecular weight excluding hydrogens is 320 g/mol. The molecule has 118 valence electrons. The second kappa shape index (κ2) is 6.80. The number of carbonyl (C=O) groups is 1. The van der Waals surface area contributed by atoms with Crippen LogP contribution < -0.4 is 0 Å². The smallest absolute Gasteiger partial charge is 0.357 e. The van der Waals surface area contributed by atoms with Crippen molar-refractivity contribution in [3.63, 3.8) is 0 Å². The van der Waals surface area contributed by atoms with E-state index in [0.29, 0.717) is 12.3 Å². The summed E-state index contributed by atoms with van der Waals surface area (Å²) in [7, 11) is 0. The Kier molecular flexibility index (Phi) is 4.80. The molecule has 6 nitrogen and oxygen atoms in total. The number of thiazole rings is 1. The van der Waals surface area contributed by atoms with E-state index >= 15 is 0 Å². The lowest BCUT2D eigenvalue weighted by molar-refractivity contribution is 0.0520. The first-order valence-corrected chi connectivity index (χ1v) is 9.02. The number of aromatic nitrogens is 3. The first kappa shape index (κ1) is 15.5. The highest BCUT2D eigenvalue weighted by Gasteiger charge is 2.29. The summed E-state index contributed by atoms with van der Waals surface area (Å²) in [6.45, 7) is 5.96. The number of carbonyl (C=O) groups excluding carboxylic acids is 1. The molecule has 0 radical (unpaired) electrons. The fraction of sp³-hybridized carbons (Fsp3) is 0.571. The molecule has 8 heteroatoms. The van der Waals surface area contributed by atoms with E-state index < -0.39 is 0 Å². The fourth-order valence-electron chi connectivity index (χ4n) is 2.61. The number of aryl methyl sites for hydroxylation is 1. The lowest BCUT2D eigenvalue weighted by atomic mass is 10.2. The highest BCUT2D eigenvalue weighted by Crippen LogP contribution is 2.35. The van der Waals surface area contributed by atoms with E-state index in [0.717, 1.165) is 41.0 Å². The van der Waals surface area contributed by atoms with Crippen LogP contribution in [0.4, 0.5) is 0 Å². The molecule has 0 aliphatic carbocycles. The lowest BCUT2D eigenvalue weighted by Crippen LogP contribution is -2.22. The molecule has 2 aromatic rings. The third kappa shape index (κ3) is 3.34. The van der Waals surface area contributed by atoms with Crippen LogP contribution in [0.15, 0.2) is 5.38 Å². The first-order valence-electron chi connectivity index (χ1n) is 7.33. The summed E-state index contributed by atoms with van der Waals surface area (Å²) in [5.74, 6) is -0.339. The third-order valence-electron chi connectivity index (χ3n) is 3.56. The number of rotatable bonds is 5. The van der Waals surface area contributed by atoms with Gasteiger partial charge in [0.15, 0.2) is 5.69 Å². The zero-order valence-electron chi connectivity index (χ0n) is 12.6. The van der Waals surface area contributed by atoms with Crippen molar-refractivity contribution in [2.75, 3.05) is 13.2 Å². The molecule has 1 aliphatic rings. The average Bonchev–Trinajstić information content (AvgIpc) is 3.20. The maximum Gasteiger partial charge on any atom is 0.357 e. The molecule has 0 N–H and O–H groups in total. The van der Waals surface area contributed by atoms with Crippen LogP contribution in [-0.2, 0) is 11.3 Å². The zero-order chi connectivity index (χ0) is 15.5. The molecule has 0 saturated carbocycles. The first-order chi connectivity index (χ1) is 10.7. The predicted octanol–water partition coefficient (Wildman–Crippen LogP) is 2.82. The average molecular weight is 338 g/mol. The van der Waals surface area contributed by atoms with Crippen molar-refractivity contribution in [3.05, 3.63) is 26.1 Å². The van der Waals surface area contributed by atoms with E-state index in [1.807, 2.05) is 6.92 Å². The van der Waals surface area contributed by atoms with Gasteiger partial charge in [-0.1, -0.05) is 0 Å². The van der Waals surface area contributed by atoms with Crippen LogP contribution in [0.2, 0.25) is 0 Å². The molecule has 2 aromatic heterocycles. The molecule has 3 rings (SSSR count). The van der Waals surface area contributed by atoms with Gasteiger partial charge in [-0.3, -0.25) is 4.90 Å². The predicted molar refractivity (Wildman–Crippen MR) is 85.1 cm³/mol. The van der Waals surface area contributed by atoms with Gasteiger partial charge in [0.05, 0.1) is 19.2 Å². The van der Waals surface area contributed by atoms with Crippen molar-refractivity contribution in [2.24, 2.45) is 0 Å². The van der Waals surface area contributed by atoms with Gasteiger partial charge in [-0.05, 0) is 33.2 Å². The van der Waals surface area contributed by atoms with Crippen LogP contribution in [0, 0.1) is 6.92 Å². The van der Waals surface area contributed by atoms with Crippen molar-refractivity contribution in [1.29, 1.82) is 0 Å². The molecule has 1 aliphatic heterocycles. The standard InChI is InChI=1S/C14H18N4O2S2/c1-3-20-14(19)10-8-21-13(15-10)11-5-4-6-18(11)7-12-17-16-9(2)22-12/h8,11H,3-7H2,1-2H3/t11-/m0/s1. The highest BCUT2D eigenvalue weighted by atomic mass is 32.1. The number of likely N-dealkylation sites (tertiary alicyclic amines) is 1. The Hall–Kier alpha value is -1.38. The largest absolute Gasteiger partial charge is 0.461 e. The van der Waals surface area contributed by atoms with Gasteiger partial charge in [0.25, 0.3) is 0 Å². The van der Waals surface area contributed by atoms with E-state index in [1.165, 1.54) is 11.3 Å². The van der Waals surface area contributed by atoms with E-state index in [9.17, 15) is 4.79 Å². The van der Waals surface area contributed by atoms with Gasteiger partial charge in [-0.2, -0.15) is 0 Å². The molecule has 3 heterocycles. The maximum absolute atomic E-state index is 11.7. The van der Waals surface area contributed by atoms with Crippen molar-refractivity contribution < 1.29 is 9.53 Å². The third-order valence-corrected chi connectivity index (χ3v) is 5.33. The van der Waals surface area contributed by atoms with E-state index in [1.54, 1.807) is 23.6 Å². The summed E-state index contributed by atoms with van der Waals surface area (Å²) in [6.07, 6.45) is 2.20. The SMILES string of the molecule is CCOC(=O)c1csc([C@@H]2CCCN2Cc2nnc(C)s2)n1. The Morgan fingerprint density at radius 1 is 1.50 bits per heavy atom. The minimum atomic E-state index is -0.339. The Bertz CT molecular complexity index is 655. The van der Waals surface area contributed by atoms with E-state index in [-0.39, 0.29) is 12.0 Å². The van der Waals surface area contributed by atoms with Crippen LogP contribution in [0.1, 0.15) is 51.3 Å². The normalized spacial score (nSPS) is 18.7. The molecule has 1 fully saturated rings. The second-order valence-corrected chi connectivity index (χ2v) is 7.29. The van der Waals surface area contributed by atoms with Crippen LogP contribution in [0.3, 0.4) is 0 Å². The summed E-state index contributed by atoms with van der Waals surface area (Å²) in [5, 5.41) is 13.1. The van der Waals surface area contributed by atoms with Crippen LogP contribution >= 0.6 is 22.7 Å². The van der Waals surface area contributed by atoms with Gasteiger partial charge in [0.2, 0.25) is 0 Å². The quantitative estimate of drug-likeness (QED) is 0.781. The van der Waals surface area contributed by atoms with Crippen molar-refractivity contribution in [2.45, 2.75) is 39.3 Å². The van der Waals surface area contributed by atoms with Crippen LogP contribution in [0.5, 0.6) is 0 Å². The molecule has 0 aromatic carbocycles. The number of hydrogen-bond donors (Lipinski definition) is 0. The number of hydrogen-bond acceptors (Lipinski definition) is 8. The van der Waals surface area contributed by atoms with Gasteiger partial charge >= 0.3 is 5.97 Å². The summed E-state index contributed by atoms with van der Waals surface area (Å²) in [4.78, 5) is 18.6. The number of esters is 1. The highest BCUT2D eigenvalue weighted by molar-refractivity contribution is 7.11. The molecular formula is C14H18N4O2S2. The Morgan fingerprint density at radius 2 is 2.36 bits per heavy atom. The summed E-state index contributed by atoms with van der Waals surface area (Å²) < 4.78 is 5.00. The second-order valence-electron chi connectivity index (χ2n) is 5.13. The van der Waals surface area contributed by atoms with Gasteiger partial charge in [0, 0.05) is 5.38 Å². The van der Waals surface area contributed by atoms with E-state index in [4.69, 9.17) is 4.74 Å². The summed E-state index contributed by atoms with van der Waals surface area (Å²) in [6, 6.07) is 0.261. The van der Waals surface area contributed by atoms with Crippen LogP contribution in [-0.4, -0.2) is 39.2 Å². The van der Waals surface area contributed by atoms with Crippen LogP contribution in [0.25, 0.3) is 0 Å². The molecule has 22 heavy (non-hydrogen) atoms. The molecule has 1 atom stereocenters. The van der Waals surface area contributed by atoms with Gasteiger partial charge in [0.1, 0.15) is 15.0 Å². The Balaban J connectivity index is 1.71. The summed E-state index contributed by atoms with van der Waals surface area (Å²) >= 11 is 3.17. The number of ether oxygens (including phenoxy) is 1. The topological polar surface area (TPSA) is 68.2 Å². The Morgan fingerprint density at radius 3 is 3.09 bits per heavy atom. The zero-order valence-corrected chi connectivity index (χ0v) is 14.2. The summed E-state index contributed by atoms with van der Waals surface area (Å²) in [5.41, 5.74) is 0.417. The van der Waals surface area contributed by atoms with Gasteiger partial charge in [-0.25, -0.2) is 9.78 Å². The lowest BCUT2D eigenvalue weighted by Gasteiger charge is -2.21. The molecule has 0 bridgehead atoms. The van der Waals surface area contributed by atoms with E-state index in [2.05, 4.69) is 20.1 Å². The van der Waals surface area contributed by atoms with Crippen molar-refractivity contribution >= 4 is 28.6 Å². The molecule has 1 saturated heterocycles. The molecule has 0 amide bonds. The Labute approximate surface area is 137 Å². The van der Waals surface area contributed by atoms with Crippen molar-refractivity contribution in [1.82, 2.24) is 20.1 Å². The maximum atomic E-state index is 11.7. The van der Waals surface area contributed by atoms with Crippen molar-refractivity contribution in [3.8, 4) is 0 Å². The fourth-order valence-corrected chi connectivity index (χ4v) is 4.30. The van der Waals surface area contributed by atoms with Gasteiger partial charge in [-0.15, -0.1) is 32.9 Å². The minimum Gasteiger partial charge on any atom is -0.461 e. The number of nitrogens with zero attached hydrogens (tertiary/aromatic N) is 4. The monoisotopic (exact) mass is 338 g/mol.